The van der Waals surface area contributed by atoms with Gasteiger partial charge in [-0.05, 0) is 38.1 Å². The van der Waals surface area contributed by atoms with Crippen LogP contribution in [0.5, 0.6) is 0 Å². The minimum atomic E-state index is -0.631. The smallest absolute Gasteiger partial charge is 0.267 e. The first-order valence-corrected chi connectivity index (χ1v) is 6.75. The van der Waals surface area contributed by atoms with Crippen LogP contribution in [0.3, 0.4) is 0 Å². The van der Waals surface area contributed by atoms with E-state index in [9.17, 15) is 20.2 Å². The first kappa shape index (κ1) is 16.0. The van der Waals surface area contributed by atoms with Gasteiger partial charge in [0.15, 0.2) is 0 Å². The molecule has 1 N–H and O–H groups in total. The van der Waals surface area contributed by atoms with Crippen molar-refractivity contribution >= 4 is 17.7 Å². The summed E-state index contributed by atoms with van der Waals surface area (Å²) in [6.45, 7) is 3.62. The van der Waals surface area contributed by atoms with E-state index in [0.29, 0.717) is 0 Å². The van der Waals surface area contributed by atoms with Crippen molar-refractivity contribution in [3.8, 4) is 6.07 Å². The molecular weight excluding hydrogens is 296 g/mol. The normalized spacial score (nSPS) is 10.9. The molecular formula is C16H14N4O3. The van der Waals surface area contributed by atoms with Gasteiger partial charge >= 0.3 is 0 Å². The fraction of sp³-hybridized carbons (Fsp3) is 0.125. The Bertz CT molecular complexity index is 824. The van der Waals surface area contributed by atoms with Crippen LogP contribution in [0.15, 0.2) is 42.0 Å². The van der Waals surface area contributed by atoms with Crippen LogP contribution in [-0.2, 0) is 4.79 Å². The van der Waals surface area contributed by atoms with E-state index in [1.54, 1.807) is 16.8 Å². The van der Waals surface area contributed by atoms with E-state index in [-0.39, 0.29) is 16.8 Å². The van der Waals surface area contributed by atoms with Crippen molar-refractivity contribution in [3.63, 3.8) is 0 Å². The first-order chi connectivity index (χ1) is 10.9. The van der Waals surface area contributed by atoms with Gasteiger partial charge in [0.1, 0.15) is 11.6 Å². The van der Waals surface area contributed by atoms with Crippen molar-refractivity contribution in [2.24, 2.45) is 0 Å². The molecule has 0 aliphatic rings. The largest absolute Gasteiger partial charge is 0.280 e. The van der Waals surface area contributed by atoms with Crippen molar-refractivity contribution in [3.05, 3.63) is 69.0 Å². The third-order valence-corrected chi connectivity index (χ3v) is 3.28. The lowest BCUT2D eigenvalue weighted by Crippen LogP contribution is -2.25. The third-order valence-electron chi connectivity index (χ3n) is 3.28. The van der Waals surface area contributed by atoms with Gasteiger partial charge in [0, 0.05) is 17.5 Å². The summed E-state index contributed by atoms with van der Waals surface area (Å²) < 4.78 is 1.55. The lowest BCUT2D eigenvalue weighted by Gasteiger charge is -2.10. The number of hydrogen-bond donors (Lipinski definition) is 1. The molecule has 1 heterocycles. The Kier molecular flexibility index (Phi) is 4.57. The van der Waals surface area contributed by atoms with Gasteiger partial charge in [-0.25, -0.2) is 0 Å². The highest BCUT2D eigenvalue weighted by atomic mass is 16.6. The number of aromatic nitrogens is 1. The van der Waals surface area contributed by atoms with Crippen LogP contribution in [0.2, 0.25) is 0 Å². The predicted molar refractivity (Wildman–Crippen MR) is 85.0 cm³/mol. The summed E-state index contributed by atoms with van der Waals surface area (Å²) in [5.74, 6) is -0.631. The first-order valence-electron chi connectivity index (χ1n) is 6.75. The van der Waals surface area contributed by atoms with Gasteiger partial charge in [-0.15, -0.1) is 0 Å². The molecule has 7 heteroatoms. The quantitative estimate of drug-likeness (QED) is 0.406. The number of nitriles is 1. The van der Waals surface area contributed by atoms with Gasteiger partial charge in [-0.1, -0.05) is 12.1 Å². The van der Waals surface area contributed by atoms with Crippen molar-refractivity contribution < 1.29 is 9.72 Å². The van der Waals surface area contributed by atoms with Crippen LogP contribution < -0.4 is 5.43 Å². The predicted octanol–water partition coefficient (Wildman–Crippen LogP) is 2.69. The van der Waals surface area contributed by atoms with Crippen LogP contribution in [0.4, 0.5) is 5.69 Å². The van der Waals surface area contributed by atoms with Gasteiger partial charge < -0.3 is 0 Å². The topological polar surface area (TPSA) is 101 Å². The molecule has 0 bridgehead atoms. The van der Waals surface area contributed by atoms with Crippen LogP contribution in [0.25, 0.3) is 6.08 Å². The number of nitrogens with one attached hydrogen (secondary N) is 1. The Hall–Kier alpha value is -3.40. The maximum atomic E-state index is 12.2. The zero-order valence-corrected chi connectivity index (χ0v) is 12.6. The number of carbonyl (C=O) groups is 1. The monoisotopic (exact) mass is 310 g/mol. The number of carbonyl (C=O) groups excluding carboxylic acids is 1. The van der Waals surface area contributed by atoms with Gasteiger partial charge in [0.25, 0.3) is 11.6 Å². The summed E-state index contributed by atoms with van der Waals surface area (Å²) in [5.41, 5.74) is 4.02. The van der Waals surface area contributed by atoms with E-state index in [0.717, 1.165) is 11.4 Å². The molecule has 0 saturated heterocycles. The number of nitro groups is 1. The van der Waals surface area contributed by atoms with E-state index in [1.165, 1.54) is 24.3 Å². The van der Waals surface area contributed by atoms with Crippen molar-refractivity contribution in [2.75, 3.05) is 5.43 Å². The van der Waals surface area contributed by atoms with E-state index in [2.05, 4.69) is 5.43 Å². The average Bonchev–Trinajstić information content (AvgIpc) is 2.84. The molecule has 23 heavy (non-hydrogen) atoms. The number of hydrogen-bond acceptors (Lipinski definition) is 4. The van der Waals surface area contributed by atoms with Gasteiger partial charge in [-0.3, -0.25) is 25.0 Å². The highest BCUT2D eigenvalue weighted by molar-refractivity contribution is 6.06. The second kappa shape index (κ2) is 6.58. The average molecular weight is 310 g/mol. The minimum absolute atomic E-state index is 0.165. The molecule has 0 saturated carbocycles. The maximum Gasteiger partial charge on any atom is 0.280 e. The highest BCUT2D eigenvalue weighted by Gasteiger charge is 2.15. The number of aryl methyl sites for hydroxylation is 2. The molecule has 2 rings (SSSR count). The minimum Gasteiger partial charge on any atom is -0.267 e. The number of rotatable bonds is 4. The Morgan fingerprint density at radius 1 is 1.26 bits per heavy atom. The van der Waals surface area contributed by atoms with E-state index >= 15 is 0 Å². The van der Waals surface area contributed by atoms with Crippen LogP contribution in [0.1, 0.15) is 17.0 Å². The van der Waals surface area contributed by atoms with Gasteiger partial charge in [0.2, 0.25) is 0 Å². The molecule has 0 aliphatic carbocycles. The molecule has 0 unspecified atom stereocenters. The Morgan fingerprint density at radius 2 is 1.87 bits per heavy atom. The molecule has 0 radical (unpaired) electrons. The van der Waals surface area contributed by atoms with Crippen LogP contribution in [-0.4, -0.2) is 15.5 Å². The Morgan fingerprint density at radius 3 is 2.43 bits per heavy atom. The van der Waals surface area contributed by atoms with E-state index in [1.807, 2.05) is 26.0 Å². The second-order valence-corrected chi connectivity index (χ2v) is 4.88. The number of nitro benzene ring substituents is 1. The Balaban J connectivity index is 2.35. The lowest BCUT2D eigenvalue weighted by atomic mass is 10.1. The second-order valence-electron chi connectivity index (χ2n) is 4.88. The summed E-state index contributed by atoms with van der Waals surface area (Å²) in [7, 11) is 0. The van der Waals surface area contributed by atoms with Crippen molar-refractivity contribution in [2.45, 2.75) is 13.8 Å². The van der Waals surface area contributed by atoms with Crippen molar-refractivity contribution in [1.82, 2.24) is 4.68 Å². The molecule has 0 fully saturated rings. The van der Waals surface area contributed by atoms with Crippen LogP contribution >= 0.6 is 0 Å². The summed E-state index contributed by atoms with van der Waals surface area (Å²) in [6, 6.07) is 11.4. The molecule has 0 aliphatic heterocycles. The summed E-state index contributed by atoms with van der Waals surface area (Å²) in [5, 5.41) is 20.2. The summed E-state index contributed by atoms with van der Waals surface area (Å²) in [6.07, 6.45) is 1.21. The summed E-state index contributed by atoms with van der Waals surface area (Å²) in [4.78, 5) is 22.7. The highest BCUT2D eigenvalue weighted by Crippen LogP contribution is 2.20. The summed E-state index contributed by atoms with van der Waals surface area (Å²) >= 11 is 0. The fourth-order valence-electron chi connectivity index (χ4n) is 2.09. The molecule has 1 aromatic carbocycles. The number of benzene rings is 1. The molecule has 2 aromatic rings. The number of para-hydroxylation sites is 1. The number of amides is 1. The zero-order chi connectivity index (χ0) is 17.0. The van der Waals surface area contributed by atoms with Gasteiger partial charge in [0.05, 0.1) is 10.5 Å². The number of nitrogens with zero attached hydrogens (tertiary/aromatic N) is 3. The SMILES string of the molecule is Cc1ccc(C)n1NC(=O)/C(C#N)=C\c1ccccc1[N+](=O)[O-]. The fourth-order valence-corrected chi connectivity index (χ4v) is 2.09. The molecule has 116 valence electrons. The third kappa shape index (κ3) is 3.44. The van der Waals surface area contributed by atoms with E-state index < -0.39 is 10.8 Å². The maximum absolute atomic E-state index is 12.2. The molecule has 1 amide bonds. The molecule has 7 nitrogen and oxygen atoms in total. The molecule has 0 atom stereocenters. The molecule has 0 spiro atoms. The van der Waals surface area contributed by atoms with E-state index in [4.69, 9.17) is 0 Å². The molecule has 1 aromatic heterocycles. The lowest BCUT2D eigenvalue weighted by molar-refractivity contribution is -0.385. The van der Waals surface area contributed by atoms with Crippen LogP contribution in [0, 0.1) is 35.3 Å². The standard InChI is InChI=1S/C16H14N4O3/c1-11-7-8-12(2)19(11)18-16(21)14(10-17)9-13-5-3-4-6-15(13)20(22)23/h3-9H,1-2H3,(H,18,21)/b14-9-. The Labute approximate surface area is 132 Å². The van der Waals surface area contributed by atoms with Crippen molar-refractivity contribution in [1.29, 1.82) is 5.26 Å². The van der Waals surface area contributed by atoms with Gasteiger partial charge in [-0.2, -0.15) is 5.26 Å². The zero-order valence-electron chi connectivity index (χ0n) is 12.6.